The predicted octanol–water partition coefficient (Wildman–Crippen LogP) is 1.70. The van der Waals surface area contributed by atoms with Crippen LogP contribution in [0.2, 0.25) is 0 Å². The molecule has 5 heteroatoms. The lowest BCUT2D eigenvalue weighted by atomic mass is 10.2. The third kappa shape index (κ3) is 1.55. The van der Waals surface area contributed by atoms with Crippen molar-refractivity contribution in [2.75, 3.05) is 18.9 Å². The summed E-state index contributed by atoms with van der Waals surface area (Å²) in [5, 5.41) is 9.03. The van der Waals surface area contributed by atoms with Gasteiger partial charge in [-0.25, -0.2) is 0 Å². The number of nitriles is 1. The topological polar surface area (TPSA) is 73.2 Å². The summed E-state index contributed by atoms with van der Waals surface area (Å²) >= 11 is 0. The van der Waals surface area contributed by atoms with E-state index in [1.807, 2.05) is 0 Å². The standard InChI is InChI=1S/C13H11N3O2/c14-8-9-2-1-3-16(9)11-7-13-12(6-10(11)15)17-4-5-18-13/h1-3,6-7H,4-5,15H2. The number of benzene rings is 1. The van der Waals surface area contributed by atoms with Crippen molar-refractivity contribution < 1.29 is 9.47 Å². The Kier molecular flexibility index (Phi) is 2.34. The van der Waals surface area contributed by atoms with Gasteiger partial charge in [-0.15, -0.1) is 0 Å². The zero-order valence-electron chi connectivity index (χ0n) is 9.59. The fourth-order valence-electron chi connectivity index (χ4n) is 1.98. The summed E-state index contributed by atoms with van der Waals surface area (Å²) in [7, 11) is 0. The smallest absolute Gasteiger partial charge is 0.163 e. The van der Waals surface area contributed by atoms with Gasteiger partial charge in [0.15, 0.2) is 11.5 Å². The van der Waals surface area contributed by atoms with E-state index < -0.39 is 0 Å². The molecule has 0 amide bonds. The Labute approximate surface area is 104 Å². The van der Waals surface area contributed by atoms with Gasteiger partial charge in [0.1, 0.15) is 25.0 Å². The molecule has 0 saturated heterocycles. The first kappa shape index (κ1) is 10.5. The second kappa shape index (κ2) is 4.00. The number of ether oxygens (including phenoxy) is 2. The quantitative estimate of drug-likeness (QED) is 0.771. The minimum Gasteiger partial charge on any atom is -0.486 e. The van der Waals surface area contributed by atoms with Gasteiger partial charge in [-0.05, 0) is 12.1 Å². The fourth-order valence-corrected chi connectivity index (χ4v) is 1.98. The molecule has 0 bridgehead atoms. The van der Waals surface area contributed by atoms with E-state index in [2.05, 4.69) is 6.07 Å². The second-order valence-electron chi connectivity index (χ2n) is 3.93. The Morgan fingerprint density at radius 2 is 1.94 bits per heavy atom. The highest BCUT2D eigenvalue weighted by Gasteiger charge is 2.16. The van der Waals surface area contributed by atoms with E-state index in [-0.39, 0.29) is 0 Å². The molecule has 0 saturated carbocycles. The lowest BCUT2D eigenvalue weighted by molar-refractivity contribution is 0.171. The number of fused-ring (bicyclic) bond motifs is 1. The Balaban J connectivity index is 2.16. The van der Waals surface area contributed by atoms with Gasteiger partial charge < -0.3 is 19.8 Å². The molecule has 3 rings (SSSR count). The first-order chi connectivity index (χ1) is 8.79. The predicted molar refractivity (Wildman–Crippen MR) is 65.9 cm³/mol. The molecule has 1 aliphatic rings. The molecule has 0 spiro atoms. The molecule has 0 atom stereocenters. The highest BCUT2D eigenvalue weighted by atomic mass is 16.6. The van der Waals surface area contributed by atoms with E-state index in [1.54, 1.807) is 35.0 Å². The van der Waals surface area contributed by atoms with Gasteiger partial charge in [-0.1, -0.05) is 0 Å². The zero-order chi connectivity index (χ0) is 12.5. The first-order valence-corrected chi connectivity index (χ1v) is 5.56. The lowest BCUT2D eigenvalue weighted by Crippen LogP contribution is -2.16. The maximum atomic E-state index is 9.03. The molecule has 1 aliphatic heterocycles. The number of nitrogen functional groups attached to an aromatic ring is 1. The van der Waals surface area contributed by atoms with Crippen molar-refractivity contribution in [3.8, 4) is 23.3 Å². The van der Waals surface area contributed by atoms with Gasteiger partial charge in [0.2, 0.25) is 0 Å². The van der Waals surface area contributed by atoms with Crippen LogP contribution in [0.3, 0.4) is 0 Å². The molecule has 1 aromatic carbocycles. The molecule has 2 aromatic rings. The van der Waals surface area contributed by atoms with E-state index in [9.17, 15) is 0 Å². The SMILES string of the molecule is N#Cc1cccn1-c1cc2c(cc1N)OCCO2. The third-order valence-electron chi connectivity index (χ3n) is 2.81. The molecule has 1 aromatic heterocycles. The third-order valence-corrected chi connectivity index (χ3v) is 2.81. The maximum Gasteiger partial charge on any atom is 0.163 e. The average molecular weight is 241 g/mol. The van der Waals surface area contributed by atoms with Crippen molar-refractivity contribution in [1.29, 1.82) is 5.26 Å². The highest BCUT2D eigenvalue weighted by Crippen LogP contribution is 2.36. The van der Waals surface area contributed by atoms with Crippen molar-refractivity contribution >= 4 is 5.69 Å². The number of aromatic nitrogens is 1. The summed E-state index contributed by atoms with van der Waals surface area (Å²) in [5.41, 5.74) is 7.79. The lowest BCUT2D eigenvalue weighted by Gasteiger charge is -2.20. The minimum atomic E-state index is 0.521. The molecular formula is C13H11N3O2. The Hall–Kier alpha value is -2.61. The van der Waals surface area contributed by atoms with Gasteiger partial charge >= 0.3 is 0 Å². The van der Waals surface area contributed by atoms with Crippen LogP contribution in [0.25, 0.3) is 5.69 Å². The summed E-state index contributed by atoms with van der Waals surface area (Å²) in [5.74, 6) is 1.30. The van der Waals surface area contributed by atoms with Crippen molar-refractivity contribution in [2.45, 2.75) is 0 Å². The zero-order valence-corrected chi connectivity index (χ0v) is 9.59. The second-order valence-corrected chi connectivity index (χ2v) is 3.93. The Morgan fingerprint density at radius 1 is 1.22 bits per heavy atom. The van der Waals surface area contributed by atoms with Gasteiger partial charge in [-0.3, -0.25) is 0 Å². The molecule has 2 N–H and O–H groups in total. The maximum absolute atomic E-state index is 9.03. The van der Waals surface area contributed by atoms with Crippen LogP contribution in [0, 0.1) is 11.3 Å². The molecule has 0 fully saturated rings. The highest BCUT2D eigenvalue weighted by molar-refractivity contribution is 5.66. The van der Waals surface area contributed by atoms with Crippen molar-refractivity contribution in [2.24, 2.45) is 0 Å². The monoisotopic (exact) mass is 241 g/mol. The van der Waals surface area contributed by atoms with Crippen LogP contribution in [-0.4, -0.2) is 17.8 Å². The molecule has 0 radical (unpaired) electrons. The van der Waals surface area contributed by atoms with E-state index in [0.29, 0.717) is 36.1 Å². The summed E-state index contributed by atoms with van der Waals surface area (Å²) in [6.45, 7) is 1.05. The number of anilines is 1. The van der Waals surface area contributed by atoms with E-state index in [0.717, 1.165) is 5.69 Å². The van der Waals surface area contributed by atoms with Crippen LogP contribution in [0.1, 0.15) is 5.69 Å². The van der Waals surface area contributed by atoms with Gasteiger partial charge in [0, 0.05) is 18.3 Å². The van der Waals surface area contributed by atoms with Crippen molar-refractivity contribution in [3.05, 3.63) is 36.2 Å². The van der Waals surface area contributed by atoms with Gasteiger partial charge in [0.05, 0.1) is 11.4 Å². The van der Waals surface area contributed by atoms with Crippen LogP contribution in [-0.2, 0) is 0 Å². The van der Waals surface area contributed by atoms with Crippen LogP contribution >= 0.6 is 0 Å². The summed E-state index contributed by atoms with van der Waals surface area (Å²) < 4.78 is 12.7. The Bertz CT molecular complexity index is 640. The summed E-state index contributed by atoms with van der Waals surface area (Å²) in [4.78, 5) is 0. The van der Waals surface area contributed by atoms with E-state index in [1.165, 1.54) is 0 Å². The summed E-state index contributed by atoms with van der Waals surface area (Å²) in [6.07, 6.45) is 1.79. The average Bonchev–Trinajstić information content (AvgIpc) is 2.86. The molecular weight excluding hydrogens is 230 g/mol. The number of hydrogen-bond acceptors (Lipinski definition) is 4. The number of hydrogen-bond donors (Lipinski definition) is 1. The van der Waals surface area contributed by atoms with Crippen LogP contribution < -0.4 is 15.2 Å². The normalized spacial score (nSPS) is 13.1. The van der Waals surface area contributed by atoms with Gasteiger partial charge in [0.25, 0.3) is 0 Å². The molecule has 5 nitrogen and oxygen atoms in total. The van der Waals surface area contributed by atoms with E-state index >= 15 is 0 Å². The molecule has 90 valence electrons. The number of nitrogens with zero attached hydrogens (tertiary/aromatic N) is 2. The number of nitrogens with two attached hydrogens (primary N) is 1. The van der Waals surface area contributed by atoms with Crippen molar-refractivity contribution in [1.82, 2.24) is 4.57 Å². The molecule has 0 unspecified atom stereocenters. The number of rotatable bonds is 1. The fraction of sp³-hybridized carbons (Fsp3) is 0.154. The van der Waals surface area contributed by atoms with Crippen LogP contribution in [0.5, 0.6) is 11.5 Å². The molecule has 2 heterocycles. The molecule has 0 aliphatic carbocycles. The Morgan fingerprint density at radius 3 is 2.67 bits per heavy atom. The summed E-state index contributed by atoms with van der Waals surface area (Å²) in [6, 6.07) is 9.17. The van der Waals surface area contributed by atoms with Crippen LogP contribution in [0.4, 0.5) is 5.69 Å². The van der Waals surface area contributed by atoms with Crippen LogP contribution in [0.15, 0.2) is 30.5 Å². The van der Waals surface area contributed by atoms with Gasteiger partial charge in [-0.2, -0.15) is 5.26 Å². The van der Waals surface area contributed by atoms with E-state index in [4.69, 9.17) is 20.5 Å². The molecule has 18 heavy (non-hydrogen) atoms. The minimum absolute atomic E-state index is 0.521. The van der Waals surface area contributed by atoms with Crippen molar-refractivity contribution in [3.63, 3.8) is 0 Å². The largest absolute Gasteiger partial charge is 0.486 e. The first-order valence-electron chi connectivity index (χ1n) is 5.56.